The molecule has 1 aromatic rings. The zero-order valence-corrected chi connectivity index (χ0v) is 10.5. The Morgan fingerprint density at radius 1 is 1.47 bits per heavy atom. The van der Waals surface area contributed by atoms with Gasteiger partial charge in [-0.2, -0.15) is 0 Å². The van der Waals surface area contributed by atoms with Gasteiger partial charge in [-0.05, 0) is 47.7 Å². The van der Waals surface area contributed by atoms with Crippen molar-refractivity contribution in [1.82, 2.24) is 10.6 Å². The molecule has 1 fully saturated rings. The van der Waals surface area contributed by atoms with Crippen LogP contribution >= 0.6 is 22.6 Å². The molecule has 0 aromatic heterocycles. The van der Waals surface area contributed by atoms with E-state index in [0.717, 1.165) is 28.6 Å². The minimum Gasteiger partial charge on any atom is -0.348 e. The van der Waals surface area contributed by atoms with Crippen molar-refractivity contribution in [1.29, 1.82) is 0 Å². The van der Waals surface area contributed by atoms with Gasteiger partial charge in [0.1, 0.15) is 0 Å². The summed E-state index contributed by atoms with van der Waals surface area (Å²) in [4.78, 5) is 11.9. The first kappa shape index (κ1) is 10.9. The molecule has 2 rings (SSSR count). The van der Waals surface area contributed by atoms with Crippen molar-refractivity contribution in [2.45, 2.75) is 12.5 Å². The van der Waals surface area contributed by atoms with E-state index >= 15 is 0 Å². The SMILES string of the molecule is O=C(N[C@H]1CCNC1)c1ccccc1I. The first-order valence-electron chi connectivity index (χ1n) is 5.03. The Hall–Kier alpha value is -0.620. The number of carbonyl (C=O) groups is 1. The maximum Gasteiger partial charge on any atom is 0.252 e. The summed E-state index contributed by atoms with van der Waals surface area (Å²) in [5.74, 6) is 0.0358. The maximum absolute atomic E-state index is 11.9. The highest BCUT2D eigenvalue weighted by atomic mass is 127. The number of hydrogen-bond donors (Lipinski definition) is 2. The van der Waals surface area contributed by atoms with Crippen LogP contribution in [0.5, 0.6) is 0 Å². The number of amides is 1. The normalized spacial score (nSPS) is 20.2. The first-order valence-corrected chi connectivity index (χ1v) is 6.11. The van der Waals surface area contributed by atoms with Gasteiger partial charge < -0.3 is 10.6 Å². The molecule has 1 aliphatic rings. The predicted octanol–water partition coefficient (Wildman–Crippen LogP) is 1.38. The number of benzene rings is 1. The van der Waals surface area contributed by atoms with Gasteiger partial charge in [-0.1, -0.05) is 12.1 Å². The smallest absolute Gasteiger partial charge is 0.252 e. The fourth-order valence-corrected chi connectivity index (χ4v) is 2.32. The molecule has 1 aromatic carbocycles. The topological polar surface area (TPSA) is 41.1 Å². The third kappa shape index (κ3) is 2.69. The van der Waals surface area contributed by atoms with E-state index in [1.165, 1.54) is 0 Å². The Morgan fingerprint density at radius 2 is 2.27 bits per heavy atom. The van der Waals surface area contributed by atoms with Crippen LogP contribution in [0.3, 0.4) is 0 Å². The Labute approximate surface area is 103 Å². The van der Waals surface area contributed by atoms with Crippen LogP contribution in [0.2, 0.25) is 0 Å². The van der Waals surface area contributed by atoms with Crippen molar-refractivity contribution in [3.05, 3.63) is 33.4 Å². The van der Waals surface area contributed by atoms with Crippen molar-refractivity contribution in [2.75, 3.05) is 13.1 Å². The average molecular weight is 316 g/mol. The fourth-order valence-electron chi connectivity index (χ4n) is 1.69. The van der Waals surface area contributed by atoms with Crippen LogP contribution in [0.25, 0.3) is 0 Å². The molecular formula is C11H13IN2O. The van der Waals surface area contributed by atoms with Gasteiger partial charge in [0.05, 0.1) is 5.56 Å². The summed E-state index contributed by atoms with van der Waals surface area (Å²) in [5.41, 5.74) is 0.769. The molecule has 0 bridgehead atoms. The van der Waals surface area contributed by atoms with Crippen LogP contribution in [-0.4, -0.2) is 25.0 Å². The molecule has 0 aliphatic carbocycles. The highest BCUT2D eigenvalue weighted by molar-refractivity contribution is 14.1. The lowest BCUT2D eigenvalue weighted by molar-refractivity contribution is 0.0939. The summed E-state index contributed by atoms with van der Waals surface area (Å²) in [6.07, 6.45) is 1.02. The number of rotatable bonds is 2. The van der Waals surface area contributed by atoms with Crippen LogP contribution in [0.1, 0.15) is 16.8 Å². The van der Waals surface area contributed by atoms with Crippen molar-refractivity contribution in [2.24, 2.45) is 0 Å². The van der Waals surface area contributed by atoms with Gasteiger partial charge in [0.25, 0.3) is 5.91 Å². The van der Waals surface area contributed by atoms with E-state index in [1.807, 2.05) is 24.3 Å². The molecule has 0 unspecified atom stereocenters. The molecular weight excluding hydrogens is 303 g/mol. The summed E-state index contributed by atoms with van der Waals surface area (Å²) < 4.78 is 0.999. The number of halogens is 1. The molecule has 1 heterocycles. The molecule has 80 valence electrons. The minimum absolute atomic E-state index is 0.0358. The van der Waals surface area contributed by atoms with Gasteiger partial charge in [-0.3, -0.25) is 4.79 Å². The third-order valence-corrected chi connectivity index (χ3v) is 3.45. The highest BCUT2D eigenvalue weighted by Crippen LogP contribution is 2.11. The number of hydrogen-bond acceptors (Lipinski definition) is 2. The van der Waals surface area contributed by atoms with Gasteiger partial charge in [0.2, 0.25) is 0 Å². The zero-order chi connectivity index (χ0) is 10.7. The third-order valence-electron chi connectivity index (χ3n) is 2.51. The Morgan fingerprint density at radius 3 is 2.93 bits per heavy atom. The Kier molecular flexibility index (Phi) is 3.58. The first-order chi connectivity index (χ1) is 7.27. The Bertz CT molecular complexity index is 361. The molecule has 0 radical (unpaired) electrons. The van der Waals surface area contributed by atoms with Gasteiger partial charge in [-0.25, -0.2) is 0 Å². The van der Waals surface area contributed by atoms with E-state index in [4.69, 9.17) is 0 Å². The summed E-state index contributed by atoms with van der Waals surface area (Å²) in [5, 5.41) is 6.26. The minimum atomic E-state index is 0.0358. The summed E-state index contributed by atoms with van der Waals surface area (Å²) in [6.45, 7) is 1.88. The van der Waals surface area contributed by atoms with E-state index < -0.39 is 0 Å². The van der Waals surface area contributed by atoms with E-state index in [9.17, 15) is 4.79 Å². The van der Waals surface area contributed by atoms with Gasteiger partial charge >= 0.3 is 0 Å². The van der Waals surface area contributed by atoms with Crippen LogP contribution < -0.4 is 10.6 Å². The van der Waals surface area contributed by atoms with Gasteiger partial charge in [0, 0.05) is 16.2 Å². The van der Waals surface area contributed by atoms with Crippen LogP contribution in [0.4, 0.5) is 0 Å². The molecule has 0 spiro atoms. The van der Waals surface area contributed by atoms with Crippen LogP contribution in [0, 0.1) is 3.57 Å². The van der Waals surface area contributed by atoms with E-state index in [-0.39, 0.29) is 11.9 Å². The quantitative estimate of drug-likeness (QED) is 0.810. The predicted molar refractivity (Wildman–Crippen MR) is 67.9 cm³/mol. The average Bonchev–Trinajstić information content (AvgIpc) is 2.71. The largest absolute Gasteiger partial charge is 0.348 e. The number of nitrogens with one attached hydrogen (secondary N) is 2. The van der Waals surface area contributed by atoms with Crippen molar-refractivity contribution < 1.29 is 4.79 Å². The molecule has 1 aliphatic heterocycles. The molecule has 1 saturated heterocycles. The molecule has 4 heteroatoms. The van der Waals surface area contributed by atoms with Crippen molar-refractivity contribution in [3.8, 4) is 0 Å². The highest BCUT2D eigenvalue weighted by Gasteiger charge is 2.18. The lowest BCUT2D eigenvalue weighted by Crippen LogP contribution is -2.36. The summed E-state index contributed by atoms with van der Waals surface area (Å²) in [7, 11) is 0. The molecule has 15 heavy (non-hydrogen) atoms. The molecule has 0 saturated carbocycles. The van der Waals surface area contributed by atoms with Crippen LogP contribution in [0.15, 0.2) is 24.3 Å². The molecule has 3 nitrogen and oxygen atoms in total. The Balaban J connectivity index is 2.04. The second-order valence-electron chi connectivity index (χ2n) is 3.64. The lowest BCUT2D eigenvalue weighted by Gasteiger charge is -2.11. The maximum atomic E-state index is 11.9. The van der Waals surface area contributed by atoms with E-state index in [0.29, 0.717) is 0 Å². The number of carbonyl (C=O) groups excluding carboxylic acids is 1. The van der Waals surface area contributed by atoms with Crippen molar-refractivity contribution in [3.63, 3.8) is 0 Å². The van der Waals surface area contributed by atoms with Gasteiger partial charge in [-0.15, -0.1) is 0 Å². The molecule has 1 amide bonds. The lowest BCUT2D eigenvalue weighted by atomic mass is 10.2. The second kappa shape index (κ2) is 4.94. The fraction of sp³-hybridized carbons (Fsp3) is 0.364. The molecule has 2 N–H and O–H groups in total. The van der Waals surface area contributed by atoms with E-state index in [1.54, 1.807) is 0 Å². The molecule has 1 atom stereocenters. The van der Waals surface area contributed by atoms with Crippen molar-refractivity contribution >= 4 is 28.5 Å². The summed E-state index contributed by atoms with van der Waals surface area (Å²) in [6, 6.07) is 7.93. The van der Waals surface area contributed by atoms with E-state index in [2.05, 4.69) is 33.2 Å². The van der Waals surface area contributed by atoms with Crippen LogP contribution in [-0.2, 0) is 0 Å². The standard InChI is InChI=1S/C11H13IN2O/c12-10-4-2-1-3-9(10)11(15)14-8-5-6-13-7-8/h1-4,8,13H,5-7H2,(H,14,15)/t8-/m0/s1. The monoisotopic (exact) mass is 316 g/mol. The zero-order valence-electron chi connectivity index (χ0n) is 8.29. The second-order valence-corrected chi connectivity index (χ2v) is 4.81. The summed E-state index contributed by atoms with van der Waals surface area (Å²) >= 11 is 2.19. The van der Waals surface area contributed by atoms with Gasteiger partial charge in [0.15, 0.2) is 0 Å².